The molecule has 1 amide bonds. The highest BCUT2D eigenvalue weighted by atomic mass is 16.5. The molecule has 1 aliphatic heterocycles. The number of aromatic nitrogens is 1. The minimum atomic E-state index is -0.590. The predicted molar refractivity (Wildman–Crippen MR) is 120 cm³/mol. The van der Waals surface area contributed by atoms with Crippen LogP contribution in [0, 0.1) is 18.8 Å². The molecule has 6 nitrogen and oxygen atoms in total. The van der Waals surface area contributed by atoms with Crippen molar-refractivity contribution < 1.29 is 14.3 Å². The maximum Gasteiger partial charge on any atom is 0.235 e. The summed E-state index contributed by atoms with van der Waals surface area (Å²) in [4.78, 5) is 35.6. The minimum Gasteiger partial charge on any atom is -0.497 e. The first-order valence-corrected chi connectivity index (χ1v) is 10.6. The van der Waals surface area contributed by atoms with Crippen molar-refractivity contribution in [3.8, 4) is 5.75 Å². The van der Waals surface area contributed by atoms with E-state index in [1.807, 2.05) is 44.2 Å². The van der Waals surface area contributed by atoms with Crippen LogP contribution in [0.1, 0.15) is 43.7 Å². The lowest BCUT2D eigenvalue weighted by Crippen LogP contribution is -2.39. The number of nitrogens with one attached hydrogen (secondary N) is 1. The van der Waals surface area contributed by atoms with Gasteiger partial charge in [0.15, 0.2) is 5.78 Å². The summed E-state index contributed by atoms with van der Waals surface area (Å²) in [6.45, 7) is 5.88. The number of methoxy groups -OCH3 is 1. The molecule has 6 heteroatoms. The van der Waals surface area contributed by atoms with Gasteiger partial charge in [-0.3, -0.25) is 14.6 Å². The number of ether oxygens (including phenoxy) is 1. The molecule has 2 heterocycles. The van der Waals surface area contributed by atoms with Gasteiger partial charge in [-0.2, -0.15) is 0 Å². The quantitative estimate of drug-likeness (QED) is 0.796. The Balaban J connectivity index is 1.76. The largest absolute Gasteiger partial charge is 0.497 e. The highest BCUT2D eigenvalue weighted by Gasteiger charge is 2.43. The van der Waals surface area contributed by atoms with Crippen LogP contribution in [0.3, 0.4) is 0 Å². The maximum absolute atomic E-state index is 13.4. The average molecular weight is 418 g/mol. The molecule has 1 N–H and O–H groups in total. The van der Waals surface area contributed by atoms with E-state index in [4.69, 9.17) is 9.73 Å². The minimum absolute atomic E-state index is 0.0806. The van der Waals surface area contributed by atoms with Crippen molar-refractivity contribution in [2.45, 2.75) is 39.5 Å². The number of Topliss-reactive ketones (excluding diaryl/α,β-unsaturated/α-hetero) is 1. The molecule has 1 aromatic carbocycles. The topological polar surface area (TPSA) is 80.6 Å². The molecule has 1 unspecified atom stereocenters. The molecule has 2 aromatic rings. The molecule has 3 atom stereocenters. The smallest absolute Gasteiger partial charge is 0.235 e. The van der Waals surface area contributed by atoms with Crippen LogP contribution in [0.25, 0.3) is 0 Å². The maximum atomic E-state index is 13.4. The van der Waals surface area contributed by atoms with Crippen molar-refractivity contribution in [3.05, 3.63) is 65.0 Å². The van der Waals surface area contributed by atoms with Crippen molar-refractivity contribution >= 4 is 23.2 Å². The summed E-state index contributed by atoms with van der Waals surface area (Å²) in [7, 11) is 1.62. The zero-order valence-corrected chi connectivity index (χ0v) is 18.3. The summed E-state index contributed by atoms with van der Waals surface area (Å²) in [6.07, 6.45) is 2.94. The third-order valence-electron chi connectivity index (χ3n) is 6.01. The average Bonchev–Trinajstić information content (AvgIpc) is 2.74. The number of allylic oxidation sites excluding steroid dienone is 2. The molecule has 0 spiro atoms. The third-order valence-corrected chi connectivity index (χ3v) is 6.01. The summed E-state index contributed by atoms with van der Waals surface area (Å²) in [5.74, 6) is 0.360. The lowest BCUT2D eigenvalue weighted by molar-refractivity contribution is -0.119. The third kappa shape index (κ3) is 4.15. The molecule has 2 aliphatic rings. The van der Waals surface area contributed by atoms with Gasteiger partial charge >= 0.3 is 0 Å². The Bertz CT molecular complexity index is 1070. The number of aliphatic imine (C=N–C) groups is 1. The van der Waals surface area contributed by atoms with E-state index >= 15 is 0 Å². The Hall–Kier alpha value is -3.28. The number of anilines is 1. The molecule has 1 aromatic heterocycles. The van der Waals surface area contributed by atoms with Crippen LogP contribution >= 0.6 is 0 Å². The number of aryl methyl sites for hydroxylation is 1. The number of hydrogen-bond acceptors (Lipinski definition) is 5. The molecule has 160 valence electrons. The van der Waals surface area contributed by atoms with Crippen LogP contribution in [0.15, 0.2) is 58.9 Å². The van der Waals surface area contributed by atoms with Crippen molar-refractivity contribution in [1.82, 2.24) is 4.98 Å². The van der Waals surface area contributed by atoms with E-state index in [0.717, 1.165) is 29.0 Å². The van der Waals surface area contributed by atoms with Crippen LogP contribution in [0.5, 0.6) is 5.75 Å². The van der Waals surface area contributed by atoms with Crippen LogP contribution < -0.4 is 10.1 Å². The number of carbonyl (C=O) groups is 2. The van der Waals surface area contributed by atoms with E-state index < -0.39 is 5.92 Å². The van der Waals surface area contributed by atoms with Crippen molar-refractivity contribution in [2.75, 3.05) is 12.4 Å². The van der Waals surface area contributed by atoms with Gasteiger partial charge in [-0.1, -0.05) is 25.1 Å². The Morgan fingerprint density at radius 1 is 1.10 bits per heavy atom. The highest BCUT2D eigenvalue weighted by molar-refractivity contribution is 6.13. The van der Waals surface area contributed by atoms with Crippen molar-refractivity contribution in [2.24, 2.45) is 16.8 Å². The molecule has 0 saturated carbocycles. The second-order valence-electron chi connectivity index (χ2n) is 8.49. The van der Waals surface area contributed by atoms with E-state index in [1.165, 1.54) is 0 Å². The van der Waals surface area contributed by atoms with Crippen molar-refractivity contribution in [1.29, 1.82) is 0 Å². The van der Waals surface area contributed by atoms with E-state index in [1.54, 1.807) is 19.4 Å². The summed E-state index contributed by atoms with van der Waals surface area (Å²) in [5.41, 5.74) is 4.13. The predicted octanol–water partition coefficient (Wildman–Crippen LogP) is 4.46. The van der Waals surface area contributed by atoms with Gasteiger partial charge in [0, 0.05) is 35.5 Å². The van der Waals surface area contributed by atoms with Gasteiger partial charge in [0.05, 0.1) is 13.0 Å². The van der Waals surface area contributed by atoms with Gasteiger partial charge in [-0.15, -0.1) is 0 Å². The number of amides is 1. The number of nitrogens with zero attached hydrogens (tertiary/aromatic N) is 2. The molecule has 0 saturated heterocycles. The number of ketones is 1. The first-order chi connectivity index (χ1) is 14.9. The number of hydrogen-bond donors (Lipinski definition) is 1. The molecule has 0 radical (unpaired) electrons. The van der Waals surface area contributed by atoms with Gasteiger partial charge in [0.2, 0.25) is 5.91 Å². The highest BCUT2D eigenvalue weighted by Crippen LogP contribution is 2.44. The van der Waals surface area contributed by atoms with Crippen LogP contribution in [0.4, 0.5) is 5.82 Å². The summed E-state index contributed by atoms with van der Waals surface area (Å²) in [5, 5.41) is 2.92. The zero-order valence-electron chi connectivity index (χ0n) is 18.3. The second kappa shape index (κ2) is 8.46. The van der Waals surface area contributed by atoms with Crippen molar-refractivity contribution in [3.63, 3.8) is 0 Å². The Kier molecular flexibility index (Phi) is 5.72. The molecule has 31 heavy (non-hydrogen) atoms. The number of benzene rings is 1. The van der Waals surface area contributed by atoms with Gasteiger partial charge in [-0.25, -0.2) is 4.98 Å². The van der Waals surface area contributed by atoms with Crippen LogP contribution in [-0.4, -0.2) is 29.5 Å². The lowest BCUT2D eigenvalue weighted by Gasteiger charge is -2.36. The fourth-order valence-electron chi connectivity index (χ4n) is 4.51. The SMILES string of the molecule is COc1ccc([C@@H]2C3=C(C[C@H](C)CC3=O)N=C(C)C2C(=O)Nc2ccc(C)cn2)cc1. The van der Waals surface area contributed by atoms with Gasteiger partial charge in [0.25, 0.3) is 0 Å². The number of pyridine rings is 1. The van der Waals surface area contributed by atoms with E-state index in [2.05, 4.69) is 17.2 Å². The van der Waals surface area contributed by atoms with Crippen LogP contribution in [-0.2, 0) is 9.59 Å². The van der Waals surface area contributed by atoms with E-state index in [0.29, 0.717) is 23.5 Å². The summed E-state index contributed by atoms with van der Waals surface area (Å²) in [6, 6.07) is 11.3. The summed E-state index contributed by atoms with van der Waals surface area (Å²) < 4.78 is 5.29. The fraction of sp³-hybridized carbons (Fsp3) is 0.360. The van der Waals surface area contributed by atoms with E-state index in [9.17, 15) is 9.59 Å². The molecule has 0 fully saturated rings. The molecular weight excluding hydrogens is 390 g/mol. The second-order valence-corrected chi connectivity index (χ2v) is 8.49. The lowest BCUT2D eigenvalue weighted by atomic mass is 9.70. The Labute approximate surface area is 182 Å². The molecular formula is C25H27N3O3. The van der Waals surface area contributed by atoms with Crippen LogP contribution in [0.2, 0.25) is 0 Å². The normalized spacial score (nSPS) is 23.2. The molecule has 1 aliphatic carbocycles. The fourth-order valence-corrected chi connectivity index (χ4v) is 4.51. The Morgan fingerprint density at radius 2 is 1.84 bits per heavy atom. The number of carbonyl (C=O) groups excluding carboxylic acids is 2. The van der Waals surface area contributed by atoms with Gasteiger partial charge < -0.3 is 10.1 Å². The van der Waals surface area contributed by atoms with Gasteiger partial charge in [-0.05, 0) is 55.5 Å². The monoisotopic (exact) mass is 417 g/mol. The standard InChI is InChI=1S/C25H27N3O3/c1-14-5-10-21(26-13-14)28-25(30)22-16(3)27-19-11-15(2)12-20(29)24(19)23(22)17-6-8-18(31-4)9-7-17/h5-10,13,15,22-23H,11-12H2,1-4H3,(H,26,28,30)/t15-,22?,23-/m0/s1. The first-order valence-electron chi connectivity index (χ1n) is 10.6. The summed E-state index contributed by atoms with van der Waals surface area (Å²) >= 11 is 0. The molecule has 0 bridgehead atoms. The first kappa shape index (κ1) is 21.0. The zero-order chi connectivity index (χ0) is 22.1. The Morgan fingerprint density at radius 3 is 2.48 bits per heavy atom. The molecule has 4 rings (SSSR count). The number of rotatable bonds is 4. The van der Waals surface area contributed by atoms with E-state index in [-0.39, 0.29) is 23.5 Å². The van der Waals surface area contributed by atoms with Gasteiger partial charge in [0.1, 0.15) is 11.6 Å².